The molecule has 0 aromatic heterocycles. The molecule has 132 valence electrons. The summed E-state index contributed by atoms with van der Waals surface area (Å²) in [6, 6.07) is 4.21. The molecule has 2 aliphatic rings. The topological polar surface area (TPSA) is 69.7 Å². The molecule has 2 aliphatic heterocycles. The van der Waals surface area contributed by atoms with E-state index in [1.54, 1.807) is 17.9 Å². The van der Waals surface area contributed by atoms with Gasteiger partial charge in [-0.3, -0.25) is 4.90 Å². The number of halogens is 1. The Morgan fingerprint density at radius 1 is 1.29 bits per heavy atom. The maximum atomic E-state index is 13.4. The van der Waals surface area contributed by atoms with Gasteiger partial charge < -0.3 is 5.32 Å². The van der Waals surface area contributed by atoms with Crippen LogP contribution in [0.25, 0.3) is 0 Å². The second kappa shape index (κ2) is 6.68. The molecule has 0 atom stereocenters. The van der Waals surface area contributed by atoms with E-state index < -0.39 is 10.0 Å². The quantitative estimate of drug-likeness (QED) is 0.897. The molecule has 2 amide bonds. The van der Waals surface area contributed by atoms with Crippen LogP contribution in [0.5, 0.6) is 0 Å². The van der Waals surface area contributed by atoms with Gasteiger partial charge in [-0.15, -0.1) is 0 Å². The van der Waals surface area contributed by atoms with Gasteiger partial charge in [0.15, 0.2) is 0 Å². The van der Waals surface area contributed by atoms with Crippen molar-refractivity contribution in [3.05, 3.63) is 29.6 Å². The van der Waals surface area contributed by atoms with Crippen molar-refractivity contribution in [1.82, 2.24) is 9.62 Å². The first kappa shape index (κ1) is 17.2. The standard InChI is InChI=1S/C16H22FN3O3S/c1-2-24(22,23)19-8-6-14(7-9-19)18-16(21)20-10-5-12-3-4-13(17)11-15(12)20/h3-4,11,14H,2,5-10H2,1H3,(H,18,21). The number of nitrogens with one attached hydrogen (secondary N) is 1. The zero-order chi connectivity index (χ0) is 17.3. The Kier molecular flexibility index (Phi) is 4.78. The van der Waals surface area contributed by atoms with E-state index in [2.05, 4.69) is 5.32 Å². The number of sulfonamides is 1. The number of hydrogen-bond donors (Lipinski definition) is 1. The largest absolute Gasteiger partial charge is 0.335 e. The van der Waals surface area contributed by atoms with E-state index in [-0.39, 0.29) is 23.6 Å². The van der Waals surface area contributed by atoms with Crippen molar-refractivity contribution < 1.29 is 17.6 Å². The fourth-order valence-corrected chi connectivity index (χ4v) is 4.41. The van der Waals surface area contributed by atoms with Crippen molar-refractivity contribution in [2.45, 2.75) is 32.2 Å². The number of hydrogen-bond acceptors (Lipinski definition) is 3. The molecule has 24 heavy (non-hydrogen) atoms. The lowest BCUT2D eigenvalue weighted by Crippen LogP contribution is -2.50. The summed E-state index contributed by atoms with van der Waals surface area (Å²) in [4.78, 5) is 14.0. The Labute approximate surface area is 141 Å². The van der Waals surface area contributed by atoms with Crippen LogP contribution in [0.1, 0.15) is 25.3 Å². The highest BCUT2D eigenvalue weighted by Crippen LogP contribution is 2.29. The molecule has 1 saturated heterocycles. The molecule has 0 bridgehead atoms. The zero-order valence-corrected chi connectivity index (χ0v) is 14.5. The van der Waals surface area contributed by atoms with E-state index in [0.717, 1.165) is 12.0 Å². The molecule has 0 radical (unpaired) electrons. The minimum Gasteiger partial charge on any atom is -0.335 e. The third-order valence-electron chi connectivity index (χ3n) is 4.73. The summed E-state index contributed by atoms with van der Waals surface area (Å²) in [7, 11) is -3.17. The Balaban J connectivity index is 1.59. The minimum absolute atomic E-state index is 0.0570. The van der Waals surface area contributed by atoms with E-state index in [0.29, 0.717) is 38.2 Å². The predicted molar refractivity (Wildman–Crippen MR) is 90.0 cm³/mol. The third kappa shape index (κ3) is 3.39. The highest BCUT2D eigenvalue weighted by molar-refractivity contribution is 7.89. The molecule has 8 heteroatoms. The van der Waals surface area contributed by atoms with Gasteiger partial charge >= 0.3 is 6.03 Å². The van der Waals surface area contributed by atoms with Crippen LogP contribution in [0, 0.1) is 5.82 Å². The Morgan fingerprint density at radius 3 is 2.67 bits per heavy atom. The molecular formula is C16H22FN3O3S. The van der Waals surface area contributed by atoms with Crippen molar-refractivity contribution in [2.24, 2.45) is 0 Å². The summed E-state index contributed by atoms with van der Waals surface area (Å²) in [6.07, 6.45) is 1.90. The van der Waals surface area contributed by atoms with Crippen LogP contribution in [0.2, 0.25) is 0 Å². The average molecular weight is 355 g/mol. The molecule has 0 aliphatic carbocycles. The van der Waals surface area contributed by atoms with Gasteiger partial charge in [0.2, 0.25) is 10.0 Å². The Bertz CT molecular complexity index is 730. The molecular weight excluding hydrogens is 333 g/mol. The van der Waals surface area contributed by atoms with Crippen LogP contribution in [-0.2, 0) is 16.4 Å². The molecule has 1 N–H and O–H groups in total. The Morgan fingerprint density at radius 2 is 2.00 bits per heavy atom. The van der Waals surface area contributed by atoms with Crippen molar-refractivity contribution in [3.63, 3.8) is 0 Å². The summed E-state index contributed by atoms with van der Waals surface area (Å²) in [6.45, 7) is 3.01. The molecule has 1 fully saturated rings. The molecule has 3 rings (SSSR count). The smallest absolute Gasteiger partial charge is 0.322 e. The molecule has 0 unspecified atom stereocenters. The summed E-state index contributed by atoms with van der Waals surface area (Å²) in [5.74, 6) is -0.258. The van der Waals surface area contributed by atoms with E-state index in [4.69, 9.17) is 0 Å². The van der Waals surface area contributed by atoms with Crippen LogP contribution in [0.15, 0.2) is 18.2 Å². The van der Waals surface area contributed by atoms with Crippen LogP contribution >= 0.6 is 0 Å². The number of piperidine rings is 1. The number of carbonyl (C=O) groups excluding carboxylic acids is 1. The molecule has 1 aromatic carbocycles. The second-order valence-corrected chi connectivity index (χ2v) is 8.46. The first-order valence-corrected chi connectivity index (χ1v) is 9.86. The van der Waals surface area contributed by atoms with E-state index in [1.165, 1.54) is 16.4 Å². The summed E-state index contributed by atoms with van der Waals surface area (Å²) < 4.78 is 38.6. The molecule has 2 heterocycles. The van der Waals surface area contributed by atoms with Crippen molar-refractivity contribution in [2.75, 3.05) is 30.3 Å². The van der Waals surface area contributed by atoms with Crippen molar-refractivity contribution >= 4 is 21.7 Å². The normalized spacial score (nSPS) is 19.3. The predicted octanol–water partition coefficient (Wildman–Crippen LogP) is 1.71. The highest BCUT2D eigenvalue weighted by atomic mass is 32.2. The van der Waals surface area contributed by atoms with E-state index >= 15 is 0 Å². The number of amides is 2. The van der Waals surface area contributed by atoms with Gasteiger partial charge in [-0.25, -0.2) is 21.9 Å². The molecule has 0 saturated carbocycles. The minimum atomic E-state index is -3.17. The lowest BCUT2D eigenvalue weighted by atomic mass is 10.1. The fourth-order valence-electron chi connectivity index (χ4n) is 3.28. The van der Waals surface area contributed by atoms with Gasteiger partial charge in [0.1, 0.15) is 5.82 Å². The first-order chi connectivity index (χ1) is 11.4. The van der Waals surface area contributed by atoms with Gasteiger partial charge in [0.05, 0.1) is 11.4 Å². The molecule has 6 nitrogen and oxygen atoms in total. The summed E-state index contributed by atoms with van der Waals surface area (Å²) in [5, 5.41) is 2.95. The van der Waals surface area contributed by atoms with Crippen LogP contribution < -0.4 is 10.2 Å². The van der Waals surface area contributed by atoms with Gasteiger partial charge in [-0.2, -0.15) is 0 Å². The van der Waals surface area contributed by atoms with Gasteiger partial charge in [0.25, 0.3) is 0 Å². The molecule has 0 spiro atoms. The lowest BCUT2D eigenvalue weighted by molar-refractivity contribution is 0.233. The summed E-state index contributed by atoms with van der Waals surface area (Å²) >= 11 is 0. The third-order valence-corrected chi connectivity index (χ3v) is 6.61. The van der Waals surface area contributed by atoms with Crippen molar-refractivity contribution in [3.8, 4) is 0 Å². The zero-order valence-electron chi connectivity index (χ0n) is 13.7. The van der Waals surface area contributed by atoms with E-state index in [9.17, 15) is 17.6 Å². The lowest BCUT2D eigenvalue weighted by Gasteiger charge is -2.32. The number of carbonyl (C=O) groups is 1. The number of nitrogens with zero attached hydrogens (tertiary/aromatic N) is 2. The maximum absolute atomic E-state index is 13.4. The van der Waals surface area contributed by atoms with Gasteiger partial charge in [0, 0.05) is 25.7 Å². The van der Waals surface area contributed by atoms with E-state index in [1.807, 2.05) is 0 Å². The van der Waals surface area contributed by atoms with Crippen LogP contribution in [0.4, 0.5) is 14.9 Å². The van der Waals surface area contributed by atoms with Crippen LogP contribution in [0.3, 0.4) is 0 Å². The highest BCUT2D eigenvalue weighted by Gasteiger charge is 2.30. The monoisotopic (exact) mass is 355 g/mol. The van der Waals surface area contributed by atoms with Gasteiger partial charge in [-0.05, 0) is 43.9 Å². The van der Waals surface area contributed by atoms with Crippen LogP contribution in [-0.4, -0.2) is 50.2 Å². The van der Waals surface area contributed by atoms with Gasteiger partial charge in [-0.1, -0.05) is 6.07 Å². The number of rotatable bonds is 3. The SMILES string of the molecule is CCS(=O)(=O)N1CCC(NC(=O)N2CCc3ccc(F)cc32)CC1. The maximum Gasteiger partial charge on any atom is 0.322 e. The fraction of sp³-hybridized carbons (Fsp3) is 0.562. The number of urea groups is 1. The first-order valence-electron chi connectivity index (χ1n) is 8.25. The molecule has 1 aromatic rings. The number of benzene rings is 1. The number of anilines is 1. The second-order valence-electron chi connectivity index (χ2n) is 6.20. The Hall–Kier alpha value is -1.67. The average Bonchev–Trinajstić information content (AvgIpc) is 2.98. The number of fused-ring (bicyclic) bond motifs is 1. The summed E-state index contributed by atoms with van der Waals surface area (Å²) in [5.41, 5.74) is 1.59. The van der Waals surface area contributed by atoms with Crippen molar-refractivity contribution in [1.29, 1.82) is 0 Å².